The summed E-state index contributed by atoms with van der Waals surface area (Å²) in [6, 6.07) is 8.92. The van der Waals surface area contributed by atoms with Gasteiger partial charge in [0.2, 0.25) is 0 Å². The van der Waals surface area contributed by atoms with Crippen LogP contribution in [0.5, 0.6) is 0 Å². The van der Waals surface area contributed by atoms with Gasteiger partial charge in [0.1, 0.15) is 0 Å². The Kier molecular flexibility index (Phi) is 6.03. The van der Waals surface area contributed by atoms with E-state index in [9.17, 15) is 5.11 Å². The summed E-state index contributed by atoms with van der Waals surface area (Å²) in [4.78, 5) is 3.63. The smallest absolute Gasteiger partial charge is 0.0639 e. The van der Waals surface area contributed by atoms with Gasteiger partial charge in [0, 0.05) is 24.0 Å². The van der Waals surface area contributed by atoms with Gasteiger partial charge >= 0.3 is 0 Å². The van der Waals surface area contributed by atoms with Crippen molar-refractivity contribution in [1.29, 1.82) is 0 Å². The summed E-state index contributed by atoms with van der Waals surface area (Å²) in [5.41, 5.74) is 1.34. The molecule has 0 amide bonds. The van der Waals surface area contributed by atoms with Crippen molar-refractivity contribution in [1.82, 2.24) is 4.90 Å². The molecule has 0 bridgehead atoms. The van der Waals surface area contributed by atoms with Gasteiger partial charge in [-0.3, -0.25) is 4.90 Å². The number of hydrogen-bond donors (Lipinski definition) is 1. The van der Waals surface area contributed by atoms with Crippen LogP contribution in [0.15, 0.2) is 29.2 Å². The molecule has 0 aliphatic heterocycles. The first-order valence-corrected chi connectivity index (χ1v) is 7.31. The fourth-order valence-corrected chi connectivity index (χ4v) is 2.46. The third-order valence-electron chi connectivity index (χ3n) is 2.79. The number of nitrogens with zero attached hydrogens (tertiary/aromatic N) is 1. The van der Waals surface area contributed by atoms with Gasteiger partial charge in [0.05, 0.1) is 6.10 Å². The lowest BCUT2D eigenvalue weighted by Gasteiger charge is -2.28. The second kappa shape index (κ2) is 7.04. The Morgan fingerprint density at radius 2 is 1.88 bits per heavy atom. The summed E-state index contributed by atoms with van der Waals surface area (Å²) in [7, 11) is 0. The van der Waals surface area contributed by atoms with E-state index >= 15 is 0 Å². The Hall–Kier alpha value is -0.510. The van der Waals surface area contributed by atoms with Gasteiger partial charge in [-0.05, 0) is 38.7 Å². The number of rotatable bonds is 6. The summed E-state index contributed by atoms with van der Waals surface area (Å²) >= 11 is 1.78. The molecule has 1 rings (SSSR count). The topological polar surface area (TPSA) is 23.5 Å². The summed E-state index contributed by atoms with van der Waals surface area (Å²) < 4.78 is 0. The van der Waals surface area contributed by atoms with Gasteiger partial charge in [-0.2, -0.15) is 0 Å². The highest BCUT2D eigenvalue weighted by atomic mass is 32.2. The van der Waals surface area contributed by atoms with Crippen molar-refractivity contribution in [3.63, 3.8) is 0 Å². The Morgan fingerprint density at radius 1 is 1.24 bits per heavy atom. The maximum atomic E-state index is 9.53. The second-order valence-corrected chi connectivity index (χ2v) is 5.53. The molecule has 2 nitrogen and oxygen atoms in total. The third kappa shape index (κ3) is 4.70. The monoisotopic (exact) mass is 253 g/mol. The van der Waals surface area contributed by atoms with Crippen molar-refractivity contribution in [3.8, 4) is 0 Å². The van der Waals surface area contributed by atoms with Crippen LogP contribution in [0.25, 0.3) is 0 Å². The molecule has 1 atom stereocenters. The van der Waals surface area contributed by atoms with Crippen molar-refractivity contribution >= 4 is 11.8 Å². The zero-order valence-corrected chi connectivity index (χ0v) is 12.0. The Labute approximate surface area is 109 Å². The average molecular weight is 253 g/mol. The zero-order valence-electron chi connectivity index (χ0n) is 11.2. The Balaban J connectivity index is 2.78. The maximum absolute atomic E-state index is 9.53. The van der Waals surface area contributed by atoms with E-state index in [4.69, 9.17) is 0 Å². The number of aliphatic hydroxyl groups is 1. The third-order valence-corrected chi connectivity index (χ3v) is 3.63. The zero-order chi connectivity index (χ0) is 12.8. The SMILES string of the molecule is CSc1ccccc1CN(CC(C)O)C(C)C. The fourth-order valence-electron chi connectivity index (χ4n) is 1.85. The average Bonchev–Trinajstić information content (AvgIpc) is 2.28. The largest absolute Gasteiger partial charge is 0.392 e. The van der Waals surface area contributed by atoms with E-state index in [1.165, 1.54) is 10.5 Å². The lowest BCUT2D eigenvalue weighted by Crippen LogP contribution is -2.36. The van der Waals surface area contributed by atoms with Crippen LogP contribution in [0, 0.1) is 0 Å². The lowest BCUT2D eigenvalue weighted by atomic mass is 10.1. The minimum absolute atomic E-state index is 0.279. The first-order valence-electron chi connectivity index (χ1n) is 6.08. The van der Waals surface area contributed by atoms with Crippen molar-refractivity contribution < 1.29 is 5.11 Å². The van der Waals surface area contributed by atoms with Crippen LogP contribution in [-0.2, 0) is 6.54 Å². The number of aliphatic hydroxyl groups excluding tert-OH is 1. The van der Waals surface area contributed by atoms with E-state index < -0.39 is 0 Å². The highest BCUT2D eigenvalue weighted by Gasteiger charge is 2.13. The molecule has 0 aliphatic rings. The standard InChI is InChI=1S/C14H23NOS/c1-11(2)15(9-12(3)16)10-13-7-5-6-8-14(13)17-4/h5-8,11-12,16H,9-10H2,1-4H3. The molecule has 0 spiro atoms. The summed E-state index contributed by atoms with van der Waals surface area (Å²) in [6.45, 7) is 7.81. The summed E-state index contributed by atoms with van der Waals surface area (Å²) in [5, 5.41) is 9.53. The van der Waals surface area contributed by atoms with Crippen LogP contribution in [0.2, 0.25) is 0 Å². The Morgan fingerprint density at radius 3 is 2.41 bits per heavy atom. The van der Waals surface area contributed by atoms with Crippen molar-refractivity contribution in [2.24, 2.45) is 0 Å². The molecule has 0 aliphatic carbocycles. The van der Waals surface area contributed by atoms with E-state index in [2.05, 4.69) is 49.3 Å². The molecule has 0 saturated carbocycles. The molecule has 1 N–H and O–H groups in total. The quantitative estimate of drug-likeness (QED) is 0.788. The first-order chi connectivity index (χ1) is 8.04. The van der Waals surface area contributed by atoms with Crippen LogP contribution < -0.4 is 0 Å². The second-order valence-electron chi connectivity index (χ2n) is 4.68. The minimum Gasteiger partial charge on any atom is -0.392 e. The number of thioether (sulfide) groups is 1. The number of benzene rings is 1. The van der Waals surface area contributed by atoms with Gasteiger partial charge < -0.3 is 5.11 Å². The van der Waals surface area contributed by atoms with Crippen LogP contribution in [0.3, 0.4) is 0 Å². The molecule has 0 aromatic heterocycles. The molecular formula is C14H23NOS. The van der Waals surface area contributed by atoms with E-state index in [1.807, 2.05) is 6.92 Å². The van der Waals surface area contributed by atoms with Crippen LogP contribution in [0.4, 0.5) is 0 Å². The van der Waals surface area contributed by atoms with Gasteiger partial charge in [-0.15, -0.1) is 11.8 Å². The van der Waals surface area contributed by atoms with Gasteiger partial charge in [-0.25, -0.2) is 0 Å². The minimum atomic E-state index is -0.279. The molecule has 0 saturated heterocycles. The fraction of sp³-hybridized carbons (Fsp3) is 0.571. The molecule has 1 aromatic carbocycles. The first kappa shape index (κ1) is 14.6. The van der Waals surface area contributed by atoms with E-state index in [0.717, 1.165) is 13.1 Å². The van der Waals surface area contributed by atoms with E-state index in [1.54, 1.807) is 11.8 Å². The Bertz CT molecular complexity index is 339. The van der Waals surface area contributed by atoms with Gasteiger partial charge in [0.15, 0.2) is 0 Å². The molecule has 0 radical (unpaired) electrons. The number of hydrogen-bond acceptors (Lipinski definition) is 3. The van der Waals surface area contributed by atoms with Crippen molar-refractivity contribution in [2.45, 2.75) is 44.4 Å². The predicted octanol–water partition coefficient (Wildman–Crippen LogP) is 3.00. The molecule has 1 unspecified atom stereocenters. The normalized spacial score (nSPS) is 13.4. The van der Waals surface area contributed by atoms with E-state index in [0.29, 0.717) is 6.04 Å². The molecule has 0 heterocycles. The summed E-state index contributed by atoms with van der Waals surface area (Å²) in [6.07, 6.45) is 1.83. The van der Waals surface area contributed by atoms with Gasteiger partial charge in [0.25, 0.3) is 0 Å². The van der Waals surface area contributed by atoms with E-state index in [-0.39, 0.29) is 6.10 Å². The van der Waals surface area contributed by atoms with Gasteiger partial charge in [-0.1, -0.05) is 18.2 Å². The van der Waals surface area contributed by atoms with Crippen molar-refractivity contribution in [2.75, 3.05) is 12.8 Å². The molecular weight excluding hydrogens is 230 g/mol. The molecule has 3 heteroatoms. The molecule has 0 fully saturated rings. The molecule has 17 heavy (non-hydrogen) atoms. The highest BCUT2D eigenvalue weighted by Crippen LogP contribution is 2.22. The molecule has 1 aromatic rings. The summed E-state index contributed by atoms with van der Waals surface area (Å²) in [5.74, 6) is 0. The predicted molar refractivity (Wildman–Crippen MR) is 75.4 cm³/mol. The highest BCUT2D eigenvalue weighted by molar-refractivity contribution is 7.98. The van der Waals surface area contributed by atoms with Crippen LogP contribution in [0.1, 0.15) is 26.3 Å². The van der Waals surface area contributed by atoms with Crippen molar-refractivity contribution in [3.05, 3.63) is 29.8 Å². The van der Waals surface area contributed by atoms with Crippen LogP contribution >= 0.6 is 11.8 Å². The maximum Gasteiger partial charge on any atom is 0.0639 e. The lowest BCUT2D eigenvalue weighted by molar-refractivity contribution is 0.102. The van der Waals surface area contributed by atoms with Crippen LogP contribution in [-0.4, -0.2) is 35.0 Å². The molecule has 96 valence electrons.